The average molecular weight is 340 g/mol. The first-order valence-electron chi connectivity index (χ1n) is 8.04. The zero-order chi connectivity index (χ0) is 17.8. The van der Waals surface area contributed by atoms with Crippen LogP contribution in [0.1, 0.15) is 11.1 Å². The summed E-state index contributed by atoms with van der Waals surface area (Å²) in [6, 6.07) is 5.95. The average Bonchev–Trinajstić information content (AvgIpc) is 2.89. The van der Waals surface area contributed by atoms with Gasteiger partial charge in [-0.3, -0.25) is 0 Å². The van der Waals surface area contributed by atoms with Crippen LogP contribution >= 0.6 is 0 Å². The Balaban J connectivity index is 2.19. The zero-order valence-corrected chi connectivity index (χ0v) is 14.2. The van der Waals surface area contributed by atoms with Crippen LogP contribution in [0.25, 0.3) is 0 Å². The Morgan fingerprint density at radius 1 is 1.12 bits per heavy atom. The van der Waals surface area contributed by atoms with E-state index in [0.29, 0.717) is 0 Å². The molecule has 1 aromatic rings. The Bertz CT molecular complexity index is 793. The number of benzene rings is 1. The van der Waals surface area contributed by atoms with Gasteiger partial charge in [0.2, 0.25) is 0 Å². The van der Waals surface area contributed by atoms with Crippen molar-refractivity contribution in [1.29, 1.82) is 0 Å². The van der Waals surface area contributed by atoms with Crippen LogP contribution in [-0.2, 0) is 32.0 Å². The summed E-state index contributed by atoms with van der Waals surface area (Å²) in [5.74, 6) is -1.18. The van der Waals surface area contributed by atoms with E-state index in [-0.39, 0.29) is 11.3 Å². The summed E-state index contributed by atoms with van der Waals surface area (Å²) in [4.78, 5) is 26.4. The maximum Gasteiger partial charge on any atom is 0.355 e. The minimum atomic E-state index is -0.594. The molecular weight excluding hydrogens is 320 g/mol. The fourth-order valence-electron chi connectivity index (χ4n) is 3.09. The van der Waals surface area contributed by atoms with Gasteiger partial charge in [-0.1, -0.05) is 18.2 Å². The van der Waals surface area contributed by atoms with Crippen LogP contribution in [0.2, 0.25) is 0 Å². The van der Waals surface area contributed by atoms with Gasteiger partial charge < -0.3 is 19.7 Å². The molecule has 0 fully saturated rings. The van der Waals surface area contributed by atoms with Crippen LogP contribution in [0.5, 0.6) is 0 Å². The number of esters is 2. The van der Waals surface area contributed by atoms with Crippen LogP contribution in [0.4, 0.5) is 5.69 Å². The molecule has 6 heteroatoms. The SMILES string of the molecule is COC(=O)C1=C(C(=O)OC)N(c2cccc3c2CCNC3)C=CC=C1. The molecule has 0 atom stereocenters. The monoisotopic (exact) mass is 340 g/mol. The van der Waals surface area contributed by atoms with E-state index in [0.717, 1.165) is 30.8 Å². The first kappa shape index (κ1) is 17.0. The smallest absolute Gasteiger partial charge is 0.355 e. The maximum atomic E-state index is 12.5. The van der Waals surface area contributed by atoms with Crippen LogP contribution in [0.3, 0.4) is 0 Å². The lowest BCUT2D eigenvalue weighted by Crippen LogP contribution is -2.30. The number of carbonyl (C=O) groups is 2. The number of nitrogens with one attached hydrogen (secondary N) is 1. The highest BCUT2D eigenvalue weighted by atomic mass is 16.5. The molecule has 3 rings (SSSR count). The number of ether oxygens (including phenoxy) is 2. The van der Waals surface area contributed by atoms with Gasteiger partial charge in [-0.05, 0) is 42.3 Å². The molecule has 2 aliphatic rings. The summed E-state index contributed by atoms with van der Waals surface area (Å²) in [6.07, 6.45) is 7.64. The molecule has 0 aliphatic carbocycles. The second-order valence-electron chi connectivity index (χ2n) is 5.66. The van der Waals surface area contributed by atoms with Gasteiger partial charge in [-0.25, -0.2) is 9.59 Å². The van der Waals surface area contributed by atoms with E-state index in [2.05, 4.69) is 11.4 Å². The molecule has 2 heterocycles. The number of allylic oxidation sites excluding steroid dienone is 2. The largest absolute Gasteiger partial charge is 0.465 e. The minimum absolute atomic E-state index is 0.145. The summed E-state index contributed by atoms with van der Waals surface area (Å²) in [7, 11) is 2.59. The fraction of sp³-hybridized carbons (Fsp3) is 0.263. The van der Waals surface area contributed by atoms with Gasteiger partial charge in [0.05, 0.1) is 19.8 Å². The first-order valence-corrected chi connectivity index (χ1v) is 8.04. The minimum Gasteiger partial charge on any atom is -0.465 e. The summed E-state index contributed by atoms with van der Waals surface area (Å²) in [5.41, 5.74) is 3.49. The predicted octanol–water partition coefficient (Wildman–Crippen LogP) is 1.82. The van der Waals surface area contributed by atoms with Crippen LogP contribution in [-0.4, -0.2) is 32.7 Å². The molecule has 130 valence electrons. The van der Waals surface area contributed by atoms with Gasteiger partial charge >= 0.3 is 11.9 Å². The van der Waals surface area contributed by atoms with Crippen molar-refractivity contribution < 1.29 is 19.1 Å². The number of hydrogen-bond donors (Lipinski definition) is 1. The van der Waals surface area contributed by atoms with Crippen molar-refractivity contribution in [2.45, 2.75) is 13.0 Å². The van der Waals surface area contributed by atoms with Gasteiger partial charge in [0, 0.05) is 18.4 Å². The molecule has 0 spiro atoms. The second kappa shape index (κ2) is 7.36. The predicted molar refractivity (Wildman–Crippen MR) is 93.7 cm³/mol. The molecule has 0 aromatic heterocycles. The lowest BCUT2D eigenvalue weighted by Gasteiger charge is -2.28. The third kappa shape index (κ3) is 3.21. The van der Waals surface area contributed by atoms with Gasteiger partial charge in [0.1, 0.15) is 5.70 Å². The molecule has 0 bridgehead atoms. The molecule has 6 nitrogen and oxygen atoms in total. The molecule has 0 saturated heterocycles. The number of anilines is 1. The molecule has 1 N–H and O–H groups in total. The Morgan fingerprint density at radius 3 is 2.68 bits per heavy atom. The highest BCUT2D eigenvalue weighted by molar-refractivity contribution is 6.05. The van der Waals surface area contributed by atoms with Gasteiger partial charge in [-0.2, -0.15) is 0 Å². The Morgan fingerprint density at radius 2 is 1.92 bits per heavy atom. The van der Waals surface area contributed by atoms with E-state index < -0.39 is 11.9 Å². The highest BCUT2D eigenvalue weighted by Crippen LogP contribution is 2.32. The number of carbonyl (C=O) groups excluding carboxylic acids is 2. The number of methoxy groups -OCH3 is 2. The first-order chi connectivity index (χ1) is 12.2. The molecular formula is C19H20N2O4. The second-order valence-corrected chi connectivity index (χ2v) is 5.66. The fourth-order valence-corrected chi connectivity index (χ4v) is 3.09. The van der Waals surface area contributed by atoms with Gasteiger partial charge in [0.15, 0.2) is 0 Å². The van der Waals surface area contributed by atoms with Crippen LogP contribution in [0, 0.1) is 0 Å². The number of nitrogens with zero attached hydrogens (tertiary/aromatic N) is 1. The van der Waals surface area contributed by atoms with Crippen molar-refractivity contribution in [3.8, 4) is 0 Å². The van der Waals surface area contributed by atoms with E-state index in [4.69, 9.17) is 9.47 Å². The molecule has 0 saturated carbocycles. The number of rotatable bonds is 3. The summed E-state index contributed by atoms with van der Waals surface area (Å²) >= 11 is 0. The quantitative estimate of drug-likeness (QED) is 0.847. The standard InChI is InChI=1S/C19H20N2O4/c1-24-18(22)15-7-3-4-11-21(17(15)19(23)25-2)16-8-5-6-13-12-20-10-9-14(13)16/h3-8,11,20H,9-10,12H2,1-2H3. The Labute approximate surface area is 146 Å². The lowest BCUT2D eigenvalue weighted by atomic mass is 9.98. The van der Waals surface area contributed by atoms with E-state index in [1.54, 1.807) is 29.3 Å². The van der Waals surface area contributed by atoms with Crippen molar-refractivity contribution in [2.75, 3.05) is 25.7 Å². The molecule has 1 aromatic carbocycles. The lowest BCUT2D eigenvalue weighted by molar-refractivity contribution is -0.139. The van der Waals surface area contributed by atoms with Crippen molar-refractivity contribution in [1.82, 2.24) is 5.32 Å². The summed E-state index contributed by atoms with van der Waals surface area (Å²) in [6.45, 7) is 1.64. The van der Waals surface area contributed by atoms with Gasteiger partial charge in [-0.15, -0.1) is 0 Å². The third-order valence-electron chi connectivity index (χ3n) is 4.26. The normalized spacial score (nSPS) is 16.3. The van der Waals surface area contributed by atoms with Gasteiger partial charge in [0.25, 0.3) is 0 Å². The number of fused-ring (bicyclic) bond motifs is 1. The molecule has 0 amide bonds. The van der Waals surface area contributed by atoms with E-state index in [1.807, 2.05) is 12.1 Å². The highest BCUT2D eigenvalue weighted by Gasteiger charge is 2.29. The Hall–Kier alpha value is -2.86. The zero-order valence-electron chi connectivity index (χ0n) is 14.2. The van der Waals surface area contributed by atoms with Crippen molar-refractivity contribution in [2.24, 2.45) is 0 Å². The van der Waals surface area contributed by atoms with Crippen molar-refractivity contribution in [3.63, 3.8) is 0 Å². The molecule has 0 unspecified atom stereocenters. The topological polar surface area (TPSA) is 67.9 Å². The van der Waals surface area contributed by atoms with Crippen molar-refractivity contribution >= 4 is 17.6 Å². The summed E-state index contributed by atoms with van der Waals surface area (Å²) < 4.78 is 9.79. The van der Waals surface area contributed by atoms with E-state index >= 15 is 0 Å². The molecule has 25 heavy (non-hydrogen) atoms. The van der Waals surface area contributed by atoms with Crippen LogP contribution < -0.4 is 10.2 Å². The maximum absolute atomic E-state index is 12.5. The van der Waals surface area contributed by atoms with Crippen molar-refractivity contribution in [3.05, 3.63) is 65.0 Å². The summed E-state index contributed by atoms with van der Waals surface area (Å²) in [5, 5.41) is 3.34. The third-order valence-corrected chi connectivity index (χ3v) is 4.26. The van der Waals surface area contributed by atoms with Crippen LogP contribution in [0.15, 0.2) is 53.9 Å². The molecule has 2 aliphatic heterocycles. The molecule has 0 radical (unpaired) electrons. The number of hydrogen-bond acceptors (Lipinski definition) is 6. The Kier molecular flexibility index (Phi) is 5.00. The van der Waals surface area contributed by atoms with E-state index in [1.165, 1.54) is 19.8 Å². The van der Waals surface area contributed by atoms with E-state index in [9.17, 15) is 9.59 Å².